The summed E-state index contributed by atoms with van der Waals surface area (Å²) in [5, 5.41) is 11.7. The highest BCUT2D eigenvalue weighted by atomic mass is 79.9. The summed E-state index contributed by atoms with van der Waals surface area (Å²) in [4.78, 5) is 13.7. The Balaban J connectivity index is 1.82. The van der Waals surface area contributed by atoms with Crippen molar-refractivity contribution in [3.8, 4) is 0 Å². The van der Waals surface area contributed by atoms with Gasteiger partial charge in [0.05, 0.1) is 25.6 Å². The van der Waals surface area contributed by atoms with E-state index >= 15 is 0 Å². The van der Waals surface area contributed by atoms with E-state index in [-0.39, 0.29) is 0 Å². The van der Waals surface area contributed by atoms with Gasteiger partial charge in [-0.2, -0.15) is 0 Å². The minimum Gasteiger partial charge on any atom is -0.481 e. The second-order valence-corrected chi connectivity index (χ2v) is 7.28. The minimum absolute atomic E-state index is 0.415. The number of carboxylic acid groups (broad SMARTS) is 1. The van der Waals surface area contributed by atoms with E-state index < -0.39 is 17.7 Å². The van der Waals surface area contributed by atoms with Crippen molar-refractivity contribution < 1.29 is 24.7 Å². The molecule has 7 heteroatoms. The molecule has 122 valence electrons. The number of nitrogens with zero attached hydrogens (tertiary/aromatic N) is 1. The first-order chi connectivity index (χ1) is 10.4. The van der Waals surface area contributed by atoms with Crippen molar-refractivity contribution in [3.63, 3.8) is 0 Å². The molecule has 3 rings (SSSR count). The molecule has 2 aliphatic heterocycles. The molecule has 0 amide bonds. The lowest BCUT2D eigenvalue weighted by atomic mass is 9.91. The normalized spacial score (nSPS) is 32.6. The molecule has 2 saturated heterocycles. The van der Waals surface area contributed by atoms with Gasteiger partial charge in [0.1, 0.15) is 0 Å². The third-order valence-corrected chi connectivity index (χ3v) is 5.14. The smallest absolute Gasteiger partial charge is 0.311 e. The Morgan fingerprint density at radius 2 is 2.05 bits per heavy atom. The number of allylic oxidation sites excluding steroid dienone is 1. The van der Waals surface area contributed by atoms with Crippen molar-refractivity contribution in [1.29, 1.82) is 0 Å². The van der Waals surface area contributed by atoms with Crippen molar-refractivity contribution >= 4 is 21.9 Å². The second-order valence-electron chi connectivity index (χ2n) is 6.32. The van der Waals surface area contributed by atoms with Gasteiger partial charge in [0.15, 0.2) is 11.5 Å². The van der Waals surface area contributed by atoms with Crippen LogP contribution in [0.25, 0.3) is 0 Å². The number of aliphatic carboxylic acids is 1. The molecular formula is C15H22BrN2O4+. The fraction of sp³-hybridized carbons (Fsp3) is 0.667. The Morgan fingerprint density at radius 1 is 1.41 bits per heavy atom. The van der Waals surface area contributed by atoms with Crippen LogP contribution in [0.4, 0.5) is 0 Å². The molecule has 2 unspecified atom stereocenters. The summed E-state index contributed by atoms with van der Waals surface area (Å²) < 4.78 is 12.9. The van der Waals surface area contributed by atoms with Gasteiger partial charge in [-0.05, 0) is 18.9 Å². The zero-order valence-corrected chi connectivity index (χ0v) is 14.5. The molecule has 0 aromatic carbocycles. The van der Waals surface area contributed by atoms with Crippen LogP contribution in [0.5, 0.6) is 0 Å². The first-order valence-corrected chi connectivity index (χ1v) is 8.43. The van der Waals surface area contributed by atoms with Crippen LogP contribution in [0, 0.1) is 5.92 Å². The fourth-order valence-corrected chi connectivity index (χ4v) is 3.86. The van der Waals surface area contributed by atoms with Gasteiger partial charge in [-0.15, -0.1) is 0 Å². The molecule has 1 aliphatic carbocycles. The standard InChI is InChI=1S/C15H21BrN2O4/c1-9-10(14(19)20)7-11(16)13-12(9)21-15(2,22-13)8-18-5-3-17-4-6-18/h10,17H,3-8H2,1-2H3,(H,19,20)/p+1. The van der Waals surface area contributed by atoms with Crippen LogP contribution >= 0.6 is 15.9 Å². The number of ether oxygens (including phenoxy) is 2. The Labute approximate surface area is 138 Å². The quantitative estimate of drug-likeness (QED) is 0.758. The molecule has 22 heavy (non-hydrogen) atoms. The summed E-state index contributed by atoms with van der Waals surface area (Å²) in [6, 6.07) is 0. The summed E-state index contributed by atoms with van der Waals surface area (Å²) in [7, 11) is 0. The molecule has 0 saturated carbocycles. The average Bonchev–Trinajstić information content (AvgIpc) is 2.82. The monoisotopic (exact) mass is 373 g/mol. The lowest BCUT2D eigenvalue weighted by molar-refractivity contribution is -0.663. The van der Waals surface area contributed by atoms with Crippen LogP contribution in [0.1, 0.15) is 20.3 Å². The first kappa shape index (κ1) is 15.8. The molecule has 3 aliphatic rings. The molecule has 2 fully saturated rings. The van der Waals surface area contributed by atoms with Gasteiger partial charge in [-0.25, -0.2) is 0 Å². The van der Waals surface area contributed by atoms with E-state index in [0.29, 0.717) is 24.5 Å². The van der Waals surface area contributed by atoms with Gasteiger partial charge in [0, 0.05) is 24.5 Å². The number of rotatable bonds is 3. The van der Waals surface area contributed by atoms with E-state index in [0.717, 1.165) is 36.2 Å². The van der Waals surface area contributed by atoms with Crippen LogP contribution in [-0.4, -0.2) is 54.5 Å². The molecule has 2 heterocycles. The fourth-order valence-electron chi connectivity index (χ4n) is 3.27. The Bertz CT molecular complexity index is 554. The van der Waals surface area contributed by atoms with E-state index in [1.54, 1.807) is 0 Å². The van der Waals surface area contributed by atoms with Crippen LogP contribution in [0.15, 0.2) is 21.6 Å². The third-order valence-electron chi connectivity index (χ3n) is 4.46. The Kier molecular flexibility index (Phi) is 4.22. The average molecular weight is 374 g/mol. The number of carboxylic acids is 1. The highest BCUT2D eigenvalue weighted by Gasteiger charge is 2.46. The van der Waals surface area contributed by atoms with E-state index in [1.807, 2.05) is 13.8 Å². The number of hydrogen-bond donors (Lipinski definition) is 2. The third kappa shape index (κ3) is 2.89. The molecule has 0 aromatic heterocycles. The summed E-state index contributed by atoms with van der Waals surface area (Å²) in [5.41, 5.74) is 0.737. The number of nitrogens with two attached hydrogens (primary N) is 1. The molecule has 0 radical (unpaired) electrons. The summed E-state index contributed by atoms with van der Waals surface area (Å²) in [6.45, 7) is 8.62. The topological polar surface area (TPSA) is 75.6 Å². The number of piperazine rings is 1. The van der Waals surface area contributed by atoms with Crippen molar-refractivity contribution in [1.82, 2.24) is 4.90 Å². The highest BCUT2D eigenvalue weighted by Crippen LogP contribution is 2.46. The van der Waals surface area contributed by atoms with Gasteiger partial charge in [-0.1, -0.05) is 15.9 Å². The van der Waals surface area contributed by atoms with Crippen molar-refractivity contribution in [2.45, 2.75) is 26.1 Å². The van der Waals surface area contributed by atoms with Crippen LogP contribution < -0.4 is 5.32 Å². The Morgan fingerprint density at radius 3 is 2.68 bits per heavy atom. The maximum absolute atomic E-state index is 11.4. The summed E-state index contributed by atoms with van der Waals surface area (Å²) >= 11 is 3.47. The second kappa shape index (κ2) is 5.86. The van der Waals surface area contributed by atoms with Crippen molar-refractivity contribution in [2.75, 3.05) is 32.7 Å². The van der Waals surface area contributed by atoms with Gasteiger partial charge >= 0.3 is 5.97 Å². The van der Waals surface area contributed by atoms with Crippen molar-refractivity contribution in [2.24, 2.45) is 5.92 Å². The number of quaternary nitrogens is 1. The zero-order valence-electron chi connectivity index (χ0n) is 12.9. The van der Waals surface area contributed by atoms with Crippen LogP contribution in [0.2, 0.25) is 0 Å². The Hall–Kier alpha value is -1.05. The number of hydrogen-bond acceptors (Lipinski definition) is 4. The molecular weight excluding hydrogens is 352 g/mol. The van der Waals surface area contributed by atoms with E-state index in [2.05, 4.69) is 26.1 Å². The maximum Gasteiger partial charge on any atom is 0.311 e. The lowest BCUT2D eigenvalue weighted by Gasteiger charge is -2.31. The number of halogens is 1. The first-order valence-electron chi connectivity index (χ1n) is 7.64. The van der Waals surface area contributed by atoms with Crippen LogP contribution in [0.3, 0.4) is 0 Å². The highest BCUT2D eigenvalue weighted by molar-refractivity contribution is 9.11. The maximum atomic E-state index is 11.4. The van der Waals surface area contributed by atoms with E-state index in [1.165, 1.54) is 0 Å². The molecule has 0 aromatic rings. The van der Waals surface area contributed by atoms with Crippen molar-refractivity contribution in [3.05, 3.63) is 21.6 Å². The van der Waals surface area contributed by atoms with E-state index in [4.69, 9.17) is 9.47 Å². The molecule has 0 spiro atoms. The van der Waals surface area contributed by atoms with Gasteiger partial charge < -0.3 is 19.9 Å². The molecule has 6 nitrogen and oxygen atoms in total. The van der Waals surface area contributed by atoms with Crippen LogP contribution in [-0.2, 0) is 14.3 Å². The molecule has 3 N–H and O–H groups in total. The van der Waals surface area contributed by atoms with Gasteiger partial charge in [0.25, 0.3) is 5.79 Å². The van der Waals surface area contributed by atoms with Gasteiger partial charge in [0.2, 0.25) is 0 Å². The number of fused-ring (bicyclic) bond motifs is 1. The lowest BCUT2D eigenvalue weighted by Crippen LogP contribution is -2.89. The van der Waals surface area contributed by atoms with Gasteiger partial charge in [-0.3, -0.25) is 9.69 Å². The predicted molar refractivity (Wildman–Crippen MR) is 83.1 cm³/mol. The summed E-state index contributed by atoms with van der Waals surface area (Å²) in [5.74, 6) is -0.874. The number of carbonyl (C=O) groups is 1. The summed E-state index contributed by atoms with van der Waals surface area (Å²) in [6.07, 6.45) is 0.415. The van der Waals surface area contributed by atoms with E-state index in [9.17, 15) is 9.90 Å². The predicted octanol–water partition coefficient (Wildman–Crippen LogP) is 0.613. The molecule has 2 atom stereocenters. The SMILES string of the molecule is CC1=C2OC(C)(CN3CC[NH2+]CC3)OC2=C(Br)CC1C(=O)O. The minimum atomic E-state index is -0.829. The molecule has 0 bridgehead atoms. The zero-order chi connectivity index (χ0) is 15.9. The largest absolute Gasteiger partial charge is 0.481 e.